The Bertz CT molecular complexity index is 1210. The molecular weight excluding hydrogens is 490 g/mol. The molecule has 5 rings (SSSR count). The fourth-order valence-corrected chi connectivity index (χ4v) is 6.28. The Morgan fingerprint density at radius 2 is 1.85 bits per heavy atom. The number of hydrogen-bond donors (Lipinski definition) is 1. The van der Waals surface area contributed by atoms with E-state index in [1.54, 1.807) is 12.1 Å². The molecule has 0 spiro atoms. The van der Waals surface area contributed by atoms with Gasteiger partial charge in [-0.05, 0) is 67.6 Å². The van der Waals surface area contributed by atoms with E-state index in [1.807, 2.05) is 26.8 Å². The van der Waals surface area contributed by atoms with Crippen LogP contribution in [0, 0.1) is 17.8 Å². The standard InChI is InChI=1S/C25H24BrNO6/c1-25(2,3)27-23(31)13-6-5-12-14(19(13)24(27)32)8-15-20(17(29)9-16(26)22(15)30)21(12)18-7-4-11(10-28)33-18/h4-5,7,9,13-14,19,21,28H,6,8,10H2,1-3H3. The van der Waals surface area contributed by atoms with Gasteiger partial charge in [-0.3, -0.25) is 24.1 Å². The van der Waals surface area contributed by atoms with E-state index < -0.39 is 29.2 Å². The lowest BCUT2D eigenvalue weighted by Crippen LogP contribution is -2.46. The monoisotopic (exact) mass is 513 g/mol. The summed E-state index contributed by atoms with van der Waals surface area (Å²) in [6.07, 6.45) is 3.84. The topological polar surface area (TPSA) is 105 Å². The molecule has 172 valence electrons. The summed E-state index contributed by atoms with van der Waals surface area (Å²) in [6, 6.07) is 3.34. The zero-order chi connectivity index (χ0) is 23.8. The van der Waals surface area contributed by atoms with E-state index in [0.29, 0.717) is 29.1 Å². The molecule has 2 heterocycles. The normalized spacial score (nSPS) is 29.7. The molecule has 1 fully saturated rings. The highest BCUT2D eigenvalue weighted by atomic mass is 79.9. The van der Waals surface area contributed by atoms with Crippen LogP contribution in [0.3, 0.4) is 0 Å². The summed E-state index contributed by atoms with van der Waals surface area (Å²) >= 11 is 3.21. The molecule has 0 saturated carbocycles. The Morgan fingerprint density at radius 1 is 1.12 bits per heavy atom. The highest BCUT2D eigenvalue weighted by Crippen LogP contribution is 2.55. The molecule has 1 aromatic rings. The maximum atomic E-state index is 13.5. The van der Waals surface area contributed by atoms with Crippen LogP contribution in [0.1, 0.15) is 51.1 Å². The molecule has 1 N–H and O–H groups in total. The molecule has 2 amide bonds. The van der Waals surface area contributed by atoms with E-state index in [0.717, 1.165) is 5.57 Å². The second-order valence-electron chi connectivity index (χ2n) is 10.0. The summed E-state index contributed by atoms with van der Waals surface area (Å²) in [5.41, 5.74) is 0.896. The Hall–Kier alpha value is -2.58. The van der Waals surface area contributed by atoms with Crippen molar-refractivity contribution in [2.75, 3.05) is 0 Å². The third-order valence-corrected chi connectivity index (χ3v) is 7.71. The third kappa shape index (κ3) is 3.18. The molecule has 4 aliphatic rings. The second kappa shape index (κ2) is 7.46. The van der Waals surface area contributed by atoms with Crippen molar-refractivity contribution in [3.05, 3.63) is 57.0 Å². The lowest BCUT2D eigenvalue weighted by Gasteiger charge is -2.41. The first kappa shape index (κ1) is 22.2. The average molecular weight is 514 g/mol. The number of allylic oxidation sites excluding steroid dienone is 6. The van der Waals surface area contributed by atoms with Crippen molar-refractivity contribution in [1.29, 1.82) is 0 Å². The SMILES string of the molecule is CC(C)(C)N1C(=O)C2CC=C3C(c4ccc(CO)o4)C4=C(CC3C2C1=O)C(=O)C(Br)=CC4=O. The predicted octanol–water partition coefficient (Wildman–Crippen LogP) is 3.33. The van der Waals surface area contributed by atoms with Crippen LogP contribution in [0.15, 0.2) is 49.9 Å². The lowest BCUT2D eigenvalue weighted by atomic mass is 9.60. The summed E-state index contributed by atoms with van der Waals surface area (Å²) in [5.74, 6) is -2.29. The van der Waals surface area contributed by atoms with Crippen LogP contribution < -0.4 is 0 Å². The average Bonchev–Trinajstić information content (AvgIpc) is 3.32. The van der Waals surface area contributed by atoms with Gasteiger partial charge in [0, 0.05) is 22.8 Å². The number of aliphatic hydroxyl groups is 1. The Labute approximate surface area is 199 Å². The van der Waals surface area contributed by atoms with Crippen LogP contribution in [0.25, 0.3) is 0 Å². The zero-order valence-corrected chi connectivity index (χ0v) is 20.1. The minimum Gasteiger partial charge on any atom is -0.463 e. The third-order valence-electron chi connectivity index (χ3n) is 7.12. The zero-order valence-electron chi connectivity index (χ0n) is 18.6. The first-order valence-corrected chi connectivity index (χ1v) is 11.8. The smallest absolute Gasteiger partial charge is 0.234 e. The molecule has 1 aromatic heterocycles. The molecule has 0 aromatic carbocycles. The summed E-state index contributed by atoms with van der Waals surface area (Å²) in [6.45, 7) is 5.22. The number of ketones is 2. The summed E-state index contributed by atoms with van der Waals surface area (Å²) < 4.78 is 6.02. The number of nitrogens with zero attached hydrogens (tertiary/aromatic N) is 1. The number of fused-ring (bicyclic) bond motifs is 3. The lowest BCUT2D eigenvalue weighted by molar-refractivity contribution is -0.145. The van der Waals surface area contributed by atoms with Crippen LogP contribution in [-0.4, -0.2) is 38.9 Å². The van der Waals surface area contributed by atoms with Crippen molar-refractivity contribution in [1.82, 2.24) is 4.90 Å². The number of likely N-dealkylation sites (tertiary alicyclic amines) is 1. The van der Waals surface area contributed by atoms with Gasteiger partial charge in [0.2, 0.25) is 11.8 Å². The molecule has 1 saturated heterocycles. The van der Waals surface area contributed by atoms with Crippen molar-refractivity contribution < 1.29 is 28.7 Å². The van der Waals surface area contributed by atoms with Crippen molar-refractivity contribution in [3.8, 4) is 0 Å². The number of halogens is 1. The van der Waals surface area contributed by atoms with Gasteiger partial charge in [-0.1, -0.05) is 11.6 Å². The molecule has 3 aliphatic carbocycles. The van der Waals surface area contributed by atoms with Gasteiger partial charge in [-0.15, -0.1) is 0 Å². The van der Waals surface area contributed by atoms with Crippen molar-refractivity contribution in [2.24, 2.45) is 17.8 Å². The van der Waals surface area contributed by atoms with E-state index in [1.165, 1.54) is 11.0 Å². The van der Waals surface area contributed by atoms with Crippen LogP contribution in [-0.2, 0) is 25.8 Å². The maximum absolute atomic E-state index is 13.5. The van der Waals surface area contributed by atoms with E-state index in [4.69, 9.17) is 4.42 Å². The predicted molar refractivity (Wildman–Crippen MR) is 121 cm³/mol. The number of Topliss-reactive ketones (excluding diaryl/α,β-unsaturated/α-hetero) is 1. The molecule has 0 bridgehead atoms. The highest BCUT2D eigenvalue weighted by molar-refractivity contribution is 9.12. The van der Waals surface area contributed by atoms with E-state index in [2.05, 4.69) is 15.9 Å². The molecule has 7 nitrogen and oxygen atoms in total. The summed E-state index contributed by atoms with van der Waals surface area (Å²) in [5, 5.41) is 9.49. The largest absolute Gasteiger partial charge is 0.463 e. The van der Waals surface area contributed by atoms with Crippen molar-refractivity contribution >= 4 is 39.3 Å². The Kier molecular flexibility index (Phi) is 5.03. The number of rotatable bonds is 2. The van der Waals surface area contributed by atoms with Crippen LogP contribution >= 0.6 is 15.9 Å². The highest BCUT2D eigenvalue weighted by Gasteiger charge is 2.58. The van der Waals surface area contributed by atoms with Gasteiger partial charge < -0.3 is 9.52 Å². The van der Waals surface area contributed by atoms with Gasteiger partial charge in [0.25, 0.3) is 0 Å². The van der Waals surface area contributed by atoms with Gasteiger partial charge in [0.1, 0.15) is 18.1 Å². The molecular formula is C25H24BrNO6. The molecule has 4 unspecified atom stereocenters. The van der Waals surface area contributed by atoms with E-state index in [9.17, 15) is 24.3 Å². The Morgan fingerprint density at radius 3 is 2.48 bits per heavy atom. The molecule has 0 radical (unpaired) electrons. The van der Waals surface area contributed by atoms with E-state index in [-0.39, 0.29) is 40.9 Å². The van der Waals surface area contributed by atoms with Gasteiger partial charge in [0.15, 0.2) is 11.6 Å². The summed E-state index contributed by atoms with van der Waals surface area (Å²) in [7, 11) is 0. The first-order chi connectivity index (χ1) is 15.5. The number of furan rings is 1. The number of hydrogen-bond acceptors (Lipinski definition) is 6. The van der Waals surface area contributed by atoms with Gasteiger partial charge in [0.05, 0.1) is 22.2 Å². The van der Waals surface area contributed by atoms with Crippen molar-refractivity contribution in [2.45, 2.75) is 51.7 Å². The maximum Gasteiger partial charge on any atom is 0.234 e. The minimum absolute atomic E-state index is 0.184. The van der Waals surface area contributed by atoms with Crippen LogP contribution in [0.4, 0.5) is 0 Å². The van der Waals surface area contributed by atoms with Crippen LogP contribution in [0.5, 0.6) is 0 Å². The van der Waals surface area contributed by atoms with Crippen molar-refractivity contribution in [3.63, 3.8) is 0 Å². The second-order valence-corrected chi connectivity index (χ2v) is 10.9. The number of amides is 2. The van der Waals surface area contributed by atoms with Gasteiger partial charge in [-0.25, -0.2) is 0 Å². The number of carbonyl (C=O) groups excluding carboxylic acids is 4. The molecule has 1 aliphatic heterocycles. The minimum atomic E-state index is -0.649. The molecule has 4 atom stereocenters. The molecule has 33 heavy (non-hydrogen) atoms. The fourth-order valence-electron chi connectivity index (χ4n) is 5.83. The fraction of sp³-hybridized carbons (Fsp3) is 0.440. The van der Waals surface area contributed by atoms with Gasteiger partial charge >= 0.3 is 0 Å². The number of aliphatic hydroxyl groups excluding tert-OH is 1. The Balaban J connectivity index is 1.67. The first-order valence-electron chi connectivity index (χ1n) is 11.0. The van der Waals surface area contributed by atoms with E-state index >= 15 is 0 Å². The van der Waals surface area contributed by atoms with Crippen LogP contribution in [0.2, 0.25) is 0 Å². The number of carbonyl (C=O) groups is 4. The summed E-state index contributed by atoms with van der Waals surface area (Å²) in [4.78, 5) is 54.3. The quantitative estimate of drug-likeness (QED) is 0.369. The number of imide groups is 1. The van der Waals surface area contributed by atoms with Gasteiger partial charge in [-0.2, -0.15) is 0 Å². The molecule has 8 heteroatoms.